The summed E-state index contributed by atoms with van der Waals surface area (Å²) in [6, 6.07) is 10.3. The fourth-order valence-electron chi connectivity index (χ4n) is 4.47. The van der Waals surface area contributed by atoms with Crippen molar-refractivity contribution in [3.8, 4) is 11.3 Å². The van der Waals surface area contributed by atoms with E-state index in [1.165, 1.54) is 23.5 Å². The van der Waals surface area contributed by atoms with Crippen molar-refractivity contribution in [1.82, 2.24) is 19.6 Å². The number of hydrogen-bond donors (Lipinski definition) is 0. The monoisotopic (exact) mass is 522 g/mol. The molecule has 5 rings (SSSR count). The van der Waals surface area contributed by atoms with Crippen molar-refractivity contribution in [2.75, 3.05) is 29.9 Å². The van der Waals surface area contributed by atoms with Gasteiger partial charge in [0.1, 0.15) is 17.2 Å². The second kappa shape index (κ2) is 9.74. The number of thiazole rings is 1. The maximum absolute atomic E-state index is 13.3. The Morgan fingerprint density at radius 1 is 1.16 bits per heavy atom. The first-order valence-electron chi connectivity index (χ1n) is 12.4. The summed E-state index contributed by atoms with van der Waals surface area (Å²) in [6.07, 6.45) is 1.16. The molecule has 0 unspecified atom stereocenters. The molecule has 0 N–H and O–H groups in total. The summed E-state index contributed by atoms with van der Waals surface area (Å²) in [5.41, 5.74) is 2.89. The largest absolute Gasteiger partial charge is 0.460 e. The predicted molar refractivity (Wildman–Crippen MR) is 144 cm³/mol. The van der Waals surface area contributed by atoms with Gasteiger partial charge in [0.15, 0.2) is 16.6 Å². The van der Waals surface area contributed by atoms with Gasteiger partial charge in [0, 0.05) is 37.0 Å². The van der Waals surface area contributed by atoms with E-state index in [1.807, 2.05) is 54.7 Å². The van der Waals surface area contributed by atoms with Crippen LogP contribution in [-0.2, 0) is 16.0 Å². The van der Waals surface area contributed by atoms with E-state index < -0.39 is 5.60 Å². The Labute approximate surface area is 219 Å². The number of aryl methyl sites for hydroxylation is 1. The number of aromatic nitrogens is 4. The molecular weight excluding hydrogens is 491 g/mol. The number of imidazole rings is 1. The fraction of sp³-hybridized carbons (Fsp3) is 0.407. The minimum absolute atomic E-state index is 0.157. The van der Waals surface area contributed by atoms with Crippen molar-refractivity contribution in [2.45, 2.75) is 46.1 Å². The normalized spacial score (nSPS) is 14.2. The molecule has 0 atom stereocenters. The van der Waals surface area contributed by atoms with Crippen LogP contribution >= 0.6 is 11.3 Å². The van der Waals surface area contributed by atoms with Crippen LogP contribution < -0.4 is 9.80 Å². The number of hydrogen-bond acceptors (Lipinski definition) is 8. The lowest BCUT2D eigenvalue weighted by Gasteiger charge is -2.39. The molecule has 1 aliphatic rings. The average molecular weight is 523 g/mol. The summed E-state index contributed by atoms with van der Waals surface area (Å²) in [6.45, 7) is 9.24. The standard InChI is InChI=1S/C27H31FN6O2S/c1-6-20-25(32(5)26-30-21(16-37-26)18-7-9-19(28)10-8-18)34-22(29-20)11-12-23(31-34)33-14-17(15-33)13-24(35)36-27(2,3)4/h7-12,16-17H,6,13-15H2,1-5H3. The Bertz CT molecular complexity index is 1420. The third-order valence-electron chi connectivity index (χ3n) is 6.24. The molecule has 4 aromatic rings. The van der Waals surface area contributed by atoms with Gasteiger partial charge in [-0.1, -0.05) is 6.92 Å². The topological polar surface area (TPSA) is 75.9 Å². The lowest BCUT2D eigenvalue weighted by Crippen LogP contribution is -2.48. The van der Waals surface area contributed by atoms with E-state index in [4.69, 9.17) is 19.8 Å². The highest BCUT2D eigenvalue weighted by Crippen LogP contribution is 2.34. The zero-order valence-corrected chi connectivity index (χ0v) is 22.5. The molecule has 8 nitrogen and oxygen atoms in total. The molecule has 1 saturated heterocycles. The van der Waals surface area contributed by atoms with Gasteiger partial charge in [-0.2, -0.15) is 4.52 Å². The maximum atomic E-state index is 13.3. The summed E-state index contributed by atoms with van der Waals surface area (Å²) < 4.78 is 20.7. The molecule has 0 amide bonds. The number of nitrogens with zero attached hydrogens (tertiary/aromatic N) is 6. The van der Waals surface area contributed by atoms with E-state index in [9.17, 15) is 9.18 Å². The number of esters is 1. The van der Waals surface area contributed by atoms with Crippen LogP contribution in [0.4, 0.5) is 21.2 Å². The SMILES string of the molecule is CCc1nc2ccc(N3CC(CC(=O)OC(C)(C)C)C3)nn2c1N(C)c1nc(-c2ccc(F)cc2)cs1. The van der Waals surface area contributed by atoms with Crippen LogP contribution in [0.1, 0.15) is 39.8 Å². The lowest BCUT2D eigenvalue weighted by molar-refractivity contribution is -0.156. The molecule has 194 valence electrons. The average Bonchev–Trinajstić information content (AvgIpc) is 3.45. The molecule has 1 aliphatic heterocycles. The van der Waals surface area contributed by atoms with Gasteiger partial charge in [-0.15, -0.1) is 16.4 Å². The Balaban J connectivity index is 1.36. The van der Waals surface area contributed by atoms with Gasteiger partial charge in [0.25, 0.3) is 0 Å². The molecule has 0 saturated carbocycles. The minimum Gasteiger partial charge on any atom is -0.460 e. The minimum atomic E-state index is -0.467. The highest BCUT2D eigenvalue weighted by Gasteiger charge is 2.32. The van der Waals surface area contributed by atoms with Crippen molar-refractivity contribution >= 4 is 39.7 Å². The van der Waals surface area contributed by atoms with Crippen molar-refractivity contribution in [3.63, 3.8) is 0 Å². The molecule has 1 fully saturated rings. The Morgan fingerprint density at radius 3 is 2.57 bits per heavy atom. The summed E-state index contributed by atoms with van der Waals surface area (Å²) in [5, 5.41) is 7.68. The summed E-state index contributed by atoms with van der Waals surface area (Å²) in [7, 11) is 1.96. The molecule has 0 radical (unpaired) electrons. The van der Waals surface area contributed by atoms with Crippen LogP contribution in [0.5, 0.6) is 0 Å². The first kappa shape index (κ1) is 25.1. The Kier molecular flexibility index (Phi) is 6.61. The second-order valence-electron chi connectivity index (χ2n) is 10.3. The molecule has 10 heteroatoms. The molecular formula is C27H31FN6O2S. The van der Waals surface area contributed by atoms with Crippen LogP contribution in [0.25, 0.3) is 16.9 Å². The third-order valence-corrected chi connectivity index (χ3v) is 7.15. The number of ether oxygens (including phenoxy) is 1. The van der Waals surface area contributed by atoms with E-state index >= 15 is 0 Å². The molecule has 4 heterocycles. The second-order valence-corrected chi connectivity index (χ2v) is 11.2. The van der Waals surface area contributed by atoms with Crippen LogP contribution in [0.3, 0.4) is 0 Å². The van der Waals surface area contributed by atoms with Crippen LogP contribution in [0.2, 0.25) is 0 Å². The number of benzene rings is 1. The van der Waals surface area contributed by atoms with Crippen molar-refractivity contribution in [1.29, 1.82) is 0 Å². The van der Waals surface area contributed by atoms with Crippen molar-refractivity contribution in [3.05, 3.63) is 53.3 Å². The Hall–Kier alpha value is -3.53. The van der Waals surface area contributed by atoms with E-state index in [1.54, 1.807) is 12.1 Å². The highest BCUT2D eigenvalue weighted by atomic mass is 32.1. The van der Waals surface area contributed by atoms with Crippen LogP contribution in [-0.4, -0.2) is 51.3 Å². The van der Waals surface area contributed by atoms with E-state index in [0.717, 1.165) is 58.9 Å². The number of rotatable bonds is 7. The lowest BCUT2D eigenvalue weighted by atomic mass is 9.96. The van der Waals surface area contributed by atoms with Gasteiger partial charge in [0.05, 0.1) is 17.8 Å². The smallest absolute Gasteiger partial charge is 0.306 e. The van der Waals surface area contributed by atoms with Gasteiger partial charge < -0.3 is 14.5 Å². The number of fused-ring (bicyclic) bond motifs is 1. The van der Waals surface area contributed by atoms with Gasteiger partial charge >= 0.3 is 5.97 Å². The first-order chi connectivity index (χ1) is 17.6. The molecule has 0 aliphatic carbocycles. The highest BCUT2D eigenvalue weighted by molar-refractivity contribution is 7.14. The summed E-state index contributed by atoms with van der Waals surface area (Å²) in [5.74, 6) is 1.53. The third kappa shape index (κ3) is 5.29. The number of carbonyl (C=O) groups is 1. The van der Waals surface area contributed by atoms with Crippen LogP contribution in [0, 0.1) is 11.7 Å². The van der Waals surface area contributed by atoms with Gasteiger partial charge in [-0.25, -0.2) is 14.4 Å². The molecule has 0 spiro atoms. The quantitative estimate of drug-likeness (QED) is 0.297. The van der Waals surface area contributed by atoms with Gasteiger partial charge in [-0.3, -0.25) is 4.79 Å². The summed E-state index contributed by atoms with van der Waals surface area (Å²) >= 11 is 1.52. The first-order valence-corrected chi connectivity index (χ1v) is 13.3. The van der Waals surface area contributed by atoms with Gasteiger partial charge in [0.2, 0.25) is 0 Å². The Morgan fingerprint density at radius 2 is 1.89 bits per heavy atom. The number of carbonyl (C=O) groups excluding carboxylic acids is 1. The predicted octanol–water partition coefficient (Wildman–Crippen LogP) is 5.49. The van der Waals surface area contributed by atoms with E-state index in [-0.39, 0.29) is 17.7 Å². The molecule has 37 heavy (non-hydrogen) atoms. The zero-order valence-electron chi connectivity index (χ0n) is 21.7. The van der Waals surface area contributed by atoms with Crippen molar-refractivity contribution in [2.24, 2.45) is 5.92 Å². The number of halogens is 1. The number of anilines is 3. The van der Waals surface area contributed by atoms with Crippen LogP contribution in [0.15, 0.2) is 41.8 Å². The molecule has 1 aromatic carbocycles. The van der Waals surface area contributed by atoms with Crippen molar-refractivity contribution < 1.29 is 13.9 Å². The van der Waals surface area contributed by atoms with E-state index in [2.05, 4.69) is 11.8 Å². The molecule has 0 bridgehead atoms. The maximum Gasteiger partial charge on any atom is 0.306 e. The van der Waals surface area contributed by atoms with E-state index in [0.29, 0.717) is 6.42 Å². The molecule has 3 aromatic heterocycles. The fourth-order valence-corrected chi connectivity index (χ4v) is 5.27. The summed E-state index contributed by atoms with van der Waals surface area (Å²) in [4.78, 5) is 26.0. The van der Waals surface area contributed by atoms with Gasteiger partial charge in [-0.05, 0) is 63.6 Å². The zero-order chi connectivity index (χ0) is 26.3.